The minimum Gasteiger partial charge on any atom is -0.479 e. The van der Waals surface area contributed by atoms with Crippen LogP contribution in [0.3, 0.4) is 0 Å². The quantitative estimate of drug-likeness (QED) is 0.788. The maximum atomic E-state index is 12.2. The number of fused-ring (bicyclic) bond motifs is 1. The van der Waals surface area contributed by atoms with Crippen LogP contribution in [-0.4, -0.2) is 24.6 Å². The molecule has 7 heteroatoms. The predicted molar refractivity (Wildman–Crippen MR) is 103 cm³/mol. The number of carbonyl (C=O) groups excluding carboxylic acids is 2. The Morgan fingerprint density at radius 2 is 1.88 bits per heavy atom. The van der Waals surface area contributed by atoms with Gasteiger partial charge in [0.05, 0.1) is 5.69 Å². The summed E-state index contributed by atoms with van der Waals surface area (Å²) in [4.78, 5) is 26.0. The summed E-state index contributed by atoms with van der Waals surface area (Å²) in [6, 6.07) is 11.5. The van der Waals surface area contributed by atoms with E-state index in [1.165, 1.54) is 0 Å². The third kappa shape index (κ3) is 3.81. The summed E-state index contributed by atoms with van der Waals surface area (Å²) in [7, 11) is 0. The SMILES string of the molecule is C=CCN1C(=O)C(C)Oc2cc(NC(=O)Nc3ccc(Cl)cc3)ccc21. The summed E-state index contributed by atoms with van der Waals surface area (Å²) in [5.74, 6) is 0.404. The molecule has 1 atom stereocenters. The smallest absolute Gasteiger partial charge is 0.323 e. The molecule has 0 saturated carbocycles. The molecule has 0 spiro atoms. The normalized spacial score (nSPS) is 15.7. The lowest BCUT2D eigenvalue weighted by Crippen LogP contribution is -2.44. The molecule has 0 radical (unpaired) electrons. The lowest BCUT2D eigenvalue weighted by Gasteiger charge is -2.32. The number of hydrogen-bond acceptors (Lipinski definition) is 3. The molecule has 0 bridgehead atoms. The maximum absolute atomic E-state index is 12.2. The molecule has 1 aliphatic heterocycles. The molecular weight excluding hydrogens is 354 g/mol. The number of amides is 3. The number of hydrogen-bond donors (Lipinski definition) is 2. The first-order valence-corrected chi connectivity index (χ1v) is 8.42. The molecule has 3 rings (SSSR count). The Morgan fingerprint density at radius 3 is 2.58 bits per heavy atom. The molecule has 1 aliphatic rings. The zero-order valence-electron chi connectivity index (χ0n) is 14.2. The summed E-state index contributed by atoms with van der Waals surface area (Å²) >= 11 is 5.83. The molecular formula is C19H18ClN3O3. The second-order valence-corrected chi connectivity index (χ2v) is 6.20. The fraction of sp³-hybridized carbons (Fsp3) is 0.158. The van der Waals surface area contributed by atoms with E-state index in [1.54, 1.807) is 60.4 Å². The van der Waals surface area contributed by atoms with E-state index in [-0.39, 0.29) is 5.91 Å². The predicted octanol–water partition coefficient (Wildman–Crippen LogP) is 4.28. The molecule has 1 unspecified atom stereocenters. The van der Waals surface area contributed by atoms with E-state index < -0.39 is 12.1 Å². The van der Waals surface area contributed by atoms with Gasteiger partial charge in [0.15, 0.2) is 6.10 Å². The van der Waals surface area contributed by atoms with Gasteiger partial charge < -0.3 is 20.3 Å². The van der Waals surface area contributed by atoms with Gasteiger partial charge in [0.1, 0.15) is 5.75 Å². The van der Waals surface area contributed by atoms with Crippen LogP contribution < -0.4 is 20.3 Å². The van der Waals surface area contributed by atoms with Crippen molar-refractivity contribution in [3.8, 4) is 5.75 Å². The van der Waals surface area contributed by atoms with Gasteiger partial charge in [-0.2, -0.15) is 0 Å². The molecule has 0 aliphatic carbocycles. The van der Waals surface area contributed by atoms with E-state index in [2.05, 4.69) is 17.2 Å². The summed E-state index contributed by atoms with van der Waals surface area (Å²) in [6.45, 7) is 5.76. The zero-order valence-corrected chi connectivity index (χ0v) is 14.9. The fourth-order valence-corrected chi connectivity index (χ4v) is 2.76. The maximum Gasteiger partial charge on any atom is 0.323 e. The topological polar surface area (TPSA) is 70.7 Å². The number of benzene rings is 2. The van der Waals surface area contributed by atoms with Crippen molar-refractivity contribution < 1.29 is 14.3 Å². The van der Waals surface area contributed by atoms with Gasteiger partial charge >= 0.3 is 6.03 Å². The van der Waals surface area contributed by atoms with Crippen LogP contribution in [0.2, 0.25) is 5.02 Å². The average molecular weight is 372 g/mol. The van der Waals surface area contributed by atoms with E-state index in [0.717, 1.165) is 0 Å². The number of nitrogens with one attached hydrogen (secondary N) is 2. The number of halogens is 1. The van der Waals surface area contributed by atoms with Gasteiger partial charge in [-0.1, -0.05) is 17.7 Å². The highest BCUT2D eigenvalue weighted by molar-refractivity contribution is 6.30. The van der Waals surface area contributed by atoms with Gasteiger partial charge in [-0.3, -0.25) is 4.79 Å². The molecule has 0 aromatic heterocycles. The standard InChI is InChI=1S/C19H18ClN3O3/c1-3-10-23-16-9-8-15(11-17(16)26-12(2)18(23)24)22-19(25)21-14-6-4-13(20)5-7-14/h3-9,11-12H,1,10H2,2H3,(H2,21,22,25). The van der Waals surface area contributed by atoms with Crippen molar-refractivity contribution in [3.05, 3.63) is 60.1 Å². The number of anilines is 3. The molecule has 26 heavy (non-hydrogen) atoms. The molecule has 2 N–H and O–H groups in total. The van der Waals surface area contributed by atoms with Crippen LogP contribution in [0.15, 0.2) is 55.1 Å². The molecule has 2 aromatic rings. The van der Waals surface area contributed by atoms with Crippen LogP contribution in [0.4, 0.5) is 21.9 Å². The highest BCUT2D eigenvalue weighted by Crippen LogP contribution is 2.36. The minimum absolute atomic E-state index is 0.126. The Kier molecular flexibility index (Phi) is 5.14. The number of ether oxygens (including phenoxy) is 1. The van der Waals surface area contributed by atoms with Crippen LogP contribution in [0.25, 0.3) is 0 Å². The minimum atomic E-state index is -0.597. The Hall–Kier alpha value is -2.99. The largest absolute Gasteiger partial charge is 0.479 e. The van der Waals surface area contributed by atoms with Crippen molar-refractivity contribution in [2.75, 3.05) is 22.1 Å². The van der Waals surface area contributed by atoms with Crippen molar-refractivity contribution in [2.45, 2.75) is 13.0 Å². The molecule has 3 amide bonds. The first-order valence-electron chi connectivity index (χ1n) is 8.04. The molecule has 2 aromatic carbocycles. The van der Waals surface area contributed by atoms with Crippen LogP contribution in [0, 0.1) is 0 Å². The Bertz CT molecular complexity index is 852. The van der Waals surface area contributed by atoms with Gasteiger partial charge in [-0.25, -0.2) is 4.79 Å². The van der Waals surface area contributed by atoms with Gasteiger partial charge in [-0.15, -0.1) is 6.58 Å². The van der Waals surface area contributed by atoms with E-state index >= 15 is 0 Å². The summed E-state index contributed by atoms with van der Waals surface area (Å²) in [6.07, 6.45) is 1.06. The molecule has 0 fully saturated rings. The van der Waals surface area contributed by atoms with Crippen LogP contribution in [-0.2, 0) is 4.79 Å². The third-order valence-corrected chi connectivity index (χ3v) is 4.09. The number of carbonyl (C=O) groups is 2. The second-order valence-electron chi connectivity index (χ2n) is 5.77. The van der Waals surface area contributed by atoms with Crippen LogP contribution >= 0.6 is 11.6 Å². The van der Waals surface area contributed by atoms with E-state index in [1.807, 2.05) is 0 Å². The Balaban J connectivity index is 1.75. The van der Waals surface area contributed by atoms with Crippen LogP contribution in [0.5, 0.6) is 5.75 Å². The van der Waals surface area contributed by atoms with Crippen molar-refractivity contribution in [3.63, 3.8) is 0 Å². The summed E-state index contributed by atoms with van der Waals surface area (Å²) < 4.78 is 5.66. The van der Waals surface area contributed by atoms with Gasteiger partial charge in [0, 0.05) is 29.0 Å². The fourth-order valence-electron chi connectivity index (χ4n) is 2.63. The summed E-state index contributed by atoms with van der Waals surface area (Å²) in [5.41, 5.74) is 1.82. The molecule has 134 valence electrons. The number of rotatable bonds is 4. The van der Waals surface area contributed by atoms with Crippen molar-refractivity contribution in [1.29, 1.82) is 0 Å². The van der Waals surface area contributed by atoms with Crippen molar-refractivity contribution in [1.82, 2.24) is 0 Å². The van der Waals surface area contributed by atoms with Gasteiger partial charge in [-0.05, 0) is 43.3 Å². The van der Waals surface area contributed by atoms with Crippen molar-refractivity contribution >= 4 is 40.6 Å². The second kappa shape index (κ2) is 7.49. The first-order chi connectivity index (χ1) is 12.5. The zero-order chi connectivity index (χ0) is 18.7. The lowest BCUT2D eigenvalue weighted by molar-refractivity contribution is -0.125. The van der Waals surface area contributed by atoms with E-state index in [0.29, 0.717) is 34.4 Å². The lowest BCUT2D eigenvalue weighted by atomic mass is 10.1. The van der Waals surface area contributed by atoms with Gasteiger partial charge in [0.25, 0.3) is 5.91 Å². The number of urea groups is 1. The molecule has 1 heterocycles. The third-order valence-electron chi connectivity index (χ3n) is 3.84. The first kappa shape index (κ1) is 17.8. The highest BCUT2D eigenvalue weighted by Gasteiger charge is 2.30. The molecule has 0 saturated heterocycles. The van der Waals surface area contributed by atoms with E-state index in [4.69, 9.17) is 16.3 Å². The van der Waals surface area contributed by atoms with Crippen molar-refractivity contribution in [2.24, 2.45) is 0 Å². The monoisotopic (exact) mass is 371 g/mol. The average Bonchev–Trinajstić information content (AvgIpc) is 2.61. The highest BCUT2D eigenvalue weighted by atomic mass is 35.5. The molecule has 6 nitrogen and oxygen atoms in total. The van der Waals surface area contributed by atoms with Crippen LogP contribution in [0.1, 0.15) is 6.92 Å². The summed E-state index contributed by atoms with van der Waals surface area (Å²) in [5, 5.41) is 6.05. The van der Waals surface area contributed by atoms with Gasteiger partial charge in [0.2, 0.25) is 0 Å². The Labute approximate surface area is 156 Å². The Morgan fingerprint density at radius 1 is 1.23 bits per heavy atom. The van der Waals surface area contributed by atoms with E-state index in [9.17, 15) is 9.59 Å². The number of nitrogens with zero attached hydrogens (tertiary/aromatic N) is 1.